The quantitative estimate of drug-likeness (QED) is 0.359. The number of rotatable bonds is 6. The average Bonchev–Trinajstić information content (AvgIpc) is 3.17. The molecule has 0 aliphatic heterocycles. The molecule has 4 rings (SSSR count). The lowest BCUT2D eigenvalue weighted by Gasteiger charge is -2.13. The van der Waals surface area contributed by atoms with E-state index in [-0.39, 0.29) is 5.78 Å². The first-order chi connectivity index (χ1) is 14.5. The molecule has 1 aromatic heterocycles. The van der Waals surface area contributed by atoms with Crippen LogP contribution in [0.25, 0.3) is 11.0 Å². The van der Waals surface area contributed by atoms with Gasteiger partial charge in [-0.25, -0.2) is 9.48 Å². The van der Waals surface area contributed by atoms with Gasteiger partial charge in [0.15, 0.2) is 6.10 Å². The number of para-hydroxylation sites is 1. The van der Waals surface area contributed by atoms with Crippen molar-refractivity contribution in [3.63, 3.8) is 0 Å². The van der Waals surface area contributed by atoms with E-state index in [0.29, 0.717) is 17.7 Å². The van der Waals surface area contributed by atoms with E-state index in [1.807, 2.05) is 60.1 Å². The molecule has 0 aliphatic carbocycles. The molecule has 6 nitrogen and oxygen atoms in total. The number of Topliss-reactive ketones (excluding diaryl/α,β-unsaturated/α-hetero) is 1. The minimum atomic E-state index is -0.860. The molecule has 0 fully saturated rings. The van der Waals surface area contributed by atoms with E-state index in [1.165, 1.54) is 0 Å². The van der Waals surface area contributed by atoms with Gasteiger partial charge < -0.3 is 4.74 Å². The minimum Gasteiger partial charge on any atom is -0.451 e. The van der Waals surface area contributed by atoms with Crippen LogP contribution in [-0.4, -0.2) is 32.9 Å². The lowest BCUT2D eigenvalue weighted by molar-refractivity contribution is 0.0319. The zero-order chi connectivity index (χ0) is 21.1. The molecule has 0 aliphatic rings. The van der Waals surface area contributed by atoms with Crippen molar-refractivity contribution >= 4 is 22.8 Å². The first-order valence-corrected chi connectivity index (χ1v) is 9.70. The van der Waals surface area contributed by atoms with Crippen LogP contribution in [0.15, 0.2) is 72.8 Å². The second-order valence-corrected chi connectivity index (χ2v) is 7.21. The van der Waals surface area contributed by atoms with Crippen molar-refractivity contribution in [2.75, 3.05) is 0 Å². The number of nitrogens with zero attached hydrogens (tertiary/aromatic N) is 3. The number of hydrogen-bond donors (Lipinski definition) is 0. The molecule has 4 aromatic rings. The highest BCUT2D eigenvalue weighted by Gasteiger charge is 2.20. The predicted octanol–water partition coefficient (Wildman–Crippen LogP) is 4.22. The number of ketones is 1. The highest BCUT2D eigenvalue weighted by atomic mass is 16.5. The fourth-order valence-electron chi connectivity index (χ4n) is 3.19. The smallest absolute Gasteiger partial charge is 0.338 e. The number of esters is 1. The Morgan fingerprint density at radius 1 is 0.933 bits per heavy atom. The van der Waals surface area contributed by atoms with E-state index in [9.17, 15) is 9.59 Å². The first-order valence-electron chi connectivity index (χ1n) is 9.70. The highest BCUT2D eigenvalue weighted by molar-refractivity contribution is 6.01. The molecule has 1 atom stereocenters. The van der Waals surface area contributed by atoms with Gasteiger partial charge in [0.25, 0.3) is 0 Å². The Labute approximate surface area is 174 Å². The standard InChI is InChI=1S/C24H21N3O3/c1-16-7-11-19(12-8-16)23(28)17(2)30-24(29)20-13-9-18(10-14-20)15-27-22-6-4-3-5-21(22)25-26-27/h3-14,17H,15H2,1-2H3/t17-/m1/s1. The van der Waals surface area contributed by atoms with Crippen molar-refractivity contribution in [1.82, 2.24) is 15.0 Å². The zero-order valence-corrected chi connectivity index (χ0v) is 16.8. The number of benzene rings is 3. The molecule has 0 spiro atoms. The summed E-state index contributed by atoms with van der Waals surface area (Å²) in [6, 6.07) is 22.0. The van der Waals surface area contributed by atoms with Gasteiger partial charge in [-0.3, -0.25) is 4.79 Å². The average molecular weight is 399 g/mol. The Bertz CT molecular complexity index is 1190. The lowest BCUT2D eigenvalue weighted by Crippen LogP contribution is -2.24. The van der Waals surface area contributed by atoms with Crippen LogP contribution in [0.4, 0.5) is 0 Å². The molecule has 0 bridgehead atoms. The first kappa shape index (κ1) is 19.5. The maximum Gasteiger partial charge on any atom is 0.338 e. The van der Waals surface area contributed by atoms with Crippen molar-refractivity contribution in [2.24, 2.45) is 0 Å². The van der Waals surface area contributed by atoms with Gasteiger partial charge in [0.1, 0.15) is 5.52 Å². The SMILES string of the molecule is Cc1ccc(C(=O)[C@@H](C)OC(=O)c2ccc(Cn3nnc4ccccc43)cc2)cc1. The van der Waals surface area contributed by atoms with E-state index in [2.05, 4.69) is 10.3 Å². The Morgan fingerprint density at radius 2 is 1.60 bits per heavy atom. The molecule has 6 heteroatoms. The summed E-state index contributed by atoms with van der Waals surface area (Å²) in [5.41, 5.74) is 4.75. The van der Waals surface area contributed by atoms with Gasteiger partial charge in [0, 0.05) is 5.56 Å². The summed E-state index contributed by atoms with van der Waals surface area (Å²) >= 11 is 0. The van der Waals surface area contributed by atoms with E-state index in [4.69, 9.17) is 4.74 Å². The summed E-state index contributed by atoms with van der Waals surface area (Å²) in [5, 5.41) is 8.33. The topological polar surface area (TPSA) is 74.1 Å². The van der Waals surface area contributed by atoms with E-state index in [0.717, 1.165) is 22.2 Å². The number of hydrogen-bond acceptors (Lipinski definition) is 5. The van der Waals surface area contributed by atoms with Gasteiger partial charge in [-0.15, -0.1) is 5.10 Å². The fraction of sp³-hybridized carbons (Fsp3) is 0.167. The largest absolute Gasteiger partial charge is 0.451 e. The van der Waals surface area contributed by atoms with Gasteiger partial charge in [0.05, 0.1) is 17.6 Å². The van der Waals surface area contributed by atoms with Crippen LogP contribution in [0.2, 0.25) is 0 Å². The third kappa shape index (κ3) is 4.12. The van der Waals surface area contributed by atoms with E-state index >= 15 is 0 Å². The Hall–Kier alpha value is -3.80. The molecular formula is C24H21N3O3. The number of carbonyl (C=O) groups excluding carboxylic acids is 2. The monoisotopic (exact) mass is 399 g/mol. The van der Waals surface area contributed by atoms with Gasteiger partial charge in [-0.05, 0) is 43.7 Å². The number of aryl methyl sites for hydroxylation is 1. The van der Waals surface area contributed by atoms with E-state index < -0.39 is 12.1 Å². The summed E-state index contributed by atoms with van der Waals surface area (Å²) in [4.78, 5) is 24.9. The third-order valence-electron chi connectivity index (χ3n) is 4.93. The maximum atomic E-state index is 12.5. The molecule has 0 unspecified atom stereocenters. The summed E-state index contributed by atoms with van der Waals surface area (Å²) in [6.45, 7) is 4.08. The number of aromatic nitrogens is 3. The van der Waals surface area contributed by atoms with Gasteiger partial charge in [0.2, 0.25) is 5.78 Å². The van der Waals surface area contributed by atoms with Gasteiger partial charge >= 0.3 is 5.97 Å². The molecule has 30 heavy (non-hydrogen) atoms. The molecule has 0 saturated heterocycles. The molecule has 0 amide bonds. The van der Waals surface area contributed by atoms with Crippen LogP contribution in [0.1, 0.15) is 38.8 Å². The molecule has 1 heterocycles. The Morgan fingerprint density at radius 3 is 2.33 bits per heavy atom. The minimum absolute atomic E-state index is 0.224. The summed E-state index contributed by atoms with van der Waals surface area (Å²) < 4.78 is 7.18. The third-order valence-corrected chi connectivity index (χ3v) is 4.93. The van der Waals surface area contributed by atoms with Crippen molar-refractivity contribution in [3.8, 4) is 0 Å². The fourth-order valence-corrected chi connectivity index (χ4v) is 3.19. The van der Waals surface area contributed by atoms with Crippen LogP contribution >= 0.6 is 0 Å². The maximum absolute atomic E-state index is 12.5. The van der Waals surface area contributed by atoms with Crippen molar-refractivity contribution in [2.45, 2.75) is 26.5 Å². The van der Waals surface area contributed by atoms with Crippen LogP contribution in [-0.2, 0) is 11.3 Å². The number of carbonyl (C=O) groups is 2. The second kappa shape index (κ2) is 8.29. The van der Waals surface area contributed by atoms with Crippen LogP contribution < -0.4 is 0 Å². The molecule has 0 N–H and O–H groups in total. The molecule has 0 saturated carbocycles. The van der Waals surface area contributed by atoms with E-state index in [1.54, 1.807) is 31.2 Å². The van der Waals surface area contributed by atoms with Crippen LogP contribution in [0, 0.1) is 6.92 Å². The number of fused-ring (bicyclic) bond motifs is 1. The second-order valence-electron chi connectivity index (χ2n) is 7.21. The van der Waals surface area contributed by atoms with Crippen molar-refractivity contribution < 1.29 is 14.3 Å². The molecular weight excluding hydrogens is 378 g/mol. The highest BCUT2D eigenvalue weighted by Crippen LogP contribution is 2.14. The zero-order valence-electron chi connectivity index (χ0n) is 16.8. The van der Waals surface area contributed by atoms with Gasteiger partial charge in [-0.2, -0.15) is 0 Å². The number of ether oxygens (including phenoxy) is 1. The summed E-state index contributed by atoms with van der Waals surface area (Å²) in [7, 11) is 0. The lowest BCUT2D eigenvalue weighted by atomic mass is 10.1. The van der Waals surface area contributed by atoms with Gasteiger partial charge in [-0.1, -0.05) is 59.3 Å². The molecule has 0 radical (unpaired) electrons. The van der Waals surface area contributed by atoms with Crippen LogP contribution in [0.3, 0.4) is 0 Å². The van der Waals surface area contributed by atoms with Crippen molar-refractivity contribution in [3.05, 3.63) is 95.1 Å². The predicted molar refractivity (Wildman–Crippen MR) is 113 cm³/mol. The van der Waals surface area contributed by atoms with Crippen LogP contribution in [0.5, 0.6) is 0 Å². The molecule has 150 valence electrons. The molecule has 3 aromatic carbocycles. The normalized spacial score (nSPS) is 11.9. The summed E-state index contributed by atoms with van der Waals surface area (Å²) in [6.07, 6.45) is -0.860. The summed E-state index contributed by atoms with van der Waals surface area (Å²) in [5.74, 6) is -0.751. The Kier molecular flexibility index (Phi) is 5.39. The van der Waals surface area contributed by atoms with Crippen molar-refractivity contribution in [1.29, 1.82) is 0 Å². The Balaban J connectivity index is 1.41.